The minimum Gasteiger partial charge on any atom is -0.496 e. The first-order valence-electron chi connectivity index (χ1n) is 17.1. The molecule has 6 aromatic rings. The van der Waals surface area contributed by atoms with Crippen molar-refractivity contribution in [3.63, 3.8) is 0 Å². The van der Waals surface area contributed by atoms with Crippen molar-refractivity contribution in [2.75, 3.05) is 27.6 Å². The zero-order valence-electron chi connectivity index (χ0n) is 29.7. The second kappa shape index (κ2) is 15.9. The average molecular weight is 745 g/mol. The lowest BCUT2D eigenvalue weighted by Crippen LogP contribution is -2.07. The Balaban J connectivity index is 1.44. The Labute approximate surface area is 316 Å². The molecule has 0 N–H and O–H groups in total. The van der Waals surface area contributed by atoms with Crippen LogP contribution in [-0.2, 0) is 0 Å². The number of ether oxygens (including phenoxy) is 5. The molecule has 0 bridgehead atoms. The van der Waals surface area contributed by atoms with Crippen LogP contribution in [0.2, 0.25) is 0 Å². The van der Waals surface area contributed by atoms with Gasteiger partial charge in [-0.1, -0.05) is 24.3 Å². The number of benzene rings is 4. The summed E-state index contributed by atoms with van der Waals surface area (Å²) in [4.78, 5) is 16.5. The Bertz CT molecular complexity index is 2320. The van der Waals surface area contributed by atoms with Crippen molar-refractivity contribution in [3.8, 4) is 49.6 Å². The van der Waals surface area contributed by atoms with Crippen molar-refractivity contribution in [3.05, 3.63) is 148 Å². The zero-order chi connectivity index (χ0) is 36.9. The van der Waals surface area contributed by atoms with E-state index in [4.69, 9.17) is 23.7 Å². The van der Waals surface area contributed by atoms with Crippen LogP contribution >= 0.6 is 22.7 Å². The summed E-state index contributed by atoms with van der Waals surface area (Å²) in [5.74, 6) is 1.07. The molecule has 0 saturated carbocycles. The van der Waals surface area contributed by atoms with E-state index in [0.717, 1.165) is 32.0 Å². The number of fused-ring (bicyclic) bond motifs is 1. The third kappa shape index (κ3) is 7.77. The Hall–Kier alpha value is -5.64. The molecule has 9 heteroatoms. The summed E-state index contributed by atoms with van der Waals surface area (Å²) >= 11 is 3.29. The van der Waals surface area contributed by atoms with Gasteiger partial charge in [-0.3, -0.25) is 4.79 Å². The van der Waals surface area contributed by atoms with Gasteiger partial charge in [0.05, 0.1) is 20.8 Å². The quantitative estimate of drug-likeness (QED) is 0.0867. The Morgan fingerprint density at radius 2 is 1.62 bits per heavy atom. The number of thiophene rings is 2. The smallest absolute Gasteiger partial charge is 0.231 e. The first-order valence-corrected chi connectivity index (χ1v) is 18.8. The van der Waals surface area contributed by atoms with Gasteiger partial charge in [0.15, 0.2) is 28.8 Å². The fraction of sp³-hybridized carbons (Fsp3) is 0.159. The Morgan fingerprint density at radius 3 is 2.34 bits per heavy atom. The molecule has 268 valence electrons. The van der Waals surface area contributed by atoms with Gasteiger partial charge in [0.2, 0.25) is 6.79 Å². The molecule has 0 radical (unpaired) electrons. The highest BCUT2D eigenvalue weighted by Crippen LogP contribution is 2.43. The van der Waals surface area contributed by atoms with E-state index in [9.17, 15) is 4.79 Å². The largest absolute Gasteiger partial charge is 0.496 e. The van der Waals surface area contributed by atoms with Crippen LogP contribution in [0.25, 0.3) is 32.5 Å². The van der Waals surface area contributed by atoms with Crippen molar-refractivity contribution < 1.29 is 32.9 Å². The molecule has 0 fully saturated rings. The topological polar surface area (TPSA) is 63.2 Å². The number of hydrogen-bond donors (Lipinski definition) is 0. The predicted octanol–water partition coefficient (Wildman–Crippen LogP) is 11.5. The Morgan fingerprint density at radius 1 is 0.849 bits per heavy atom. The van der Waals surface area contributed by atoms with E-state index in [0.29, 0.717) is 51.9 Å². The molecule has 6 nitrogen and oxygen atoms in total. The van der Waals surface area contributed by atoms with Gasteiger partial charge in [-0.05, 0) is 137 Å². The van der Waals surface area contributed by atoms with Crippen LogP contribution in [0.4, 0.5) is 4.39 Å². The van der Waals surface area contributed by atoms with E-state index < -0.39 is 11.7 Å². The molecule has 3 heterocycles. The van der Waals surface area contributed by atoms with E-state index in [1.807, 2.05) is 66.9 Å². The monoisotopic (exact) mass is 744 g/mol. The molecule has 0 saturated heterocycles. The average Bonchev–Trinajstić information content (AvgIpc) is 3.98. The molecule has 1 aliphatic rings. The zero-order valence-corrected chi connectivity index (χ0v) is 31.3. The molecule has 4 aromatic carbocycles. The first kappa shape index (κ1) is 35.7. The van der Waals surface area contributed by atoms with Gasteiger partial charge in [-0.2, -0.15) is 0 Å². The number of hydrogen-bond acceptors (Lipinski definition) is 8. The molecule has 1 atom stereocenters. The summed E-state index contributed by atoms with van der Waals surface area (Å²) in [6, 6.07) is 28.3. The molecule has 0 amide bonds. The second-order valence-electron chi connectivity index (χ2n) is 12.3. The van der Waals surface area contributed by atoms with Crippen molar-refractivity contribution in [2.24, 2.45) is 0 Å². The van der Waals surface area contributed by atoms with Crippen molar-refractivity contribution in [1.29, 1.82) is 0 Å². The number of carbonyl (C=O) groups excluding carboxylic acids is 1. The summed E-state index contributed by atoms with van der Waals surface area (Å²) in [5.41, 5.74) is 6.30. The van der Waals surface area contributed by atoms with Gasteiger partial charge < -0.3 is 23.7 Å². The van der Waals surface area contributed by atoms with Crippen molar-refractivity contribution >= 4 is 40.1 Å². The fourth-order valence-electron chi connectivity index (χ4n) is 6.32. The van der Waals surface area contributed by atoms with Crippen LogP contribution in [0.1, 0.15) is 45.5 Å². The lowest BCUT2D eigenvalue weighted by atomic mass is 9.83. The number of rotatable bonds is 13. The Kier molecular flexibility index (Phi) is 10.8. The van der Waals surface area contributed by atoms with Gasteiger partial charge in [0.1, 0.15) is 11.5 Å². The molecular weight excluding hydrogens is 708 g/mol. The molecule has 0 aliphatic carbocycles. The number of halogens is 1. The van der Waals surface area contributed by atoms with E-state index in [1.54, 1.807) is 67.2 Å². The highest BCUT2D eigenvalue weighted by molar-refractivity contribution is 7.13. The van der Waals surface area contributed by atoms with E-state index >= 15 is 4.39 Å². The maximum absolute atomic E-state index is 15.7. The van der Waals surface area contributed by atoms with E-state index in [2.05, 4.69) is 30.5 Å². The molecule has 53 heavy (non-hydrogen) atoms. The van der Waals surface area contributed by atoms with E-state index in [1.165, 1.54) is 6.07 Å². The van der Waals surface area contributed by atoms with Crippen LogP contribution in [0.3, 0.4) is 0 Å². The molecule has 7 rings (SSSR count). The lowest BCUT2D eigenvalue weighted by molar-refractivity contribution is 0.104. The number of ketones is 1. The minimum absolute atomic E-state index is 0.0908. The number of carbonyl (C=O) groups is 1. The van der Waals surface area contributed by atoms with Crippen LogP contribution in [0.15, 0.2) is 114 Å². The van der Waals surface area contributed by atoms with Gasteiger partial charge in [-0.15, -0.1) is 22.7 Å². The summed E-state index contributed by atoms with van der Waals surface area (Å²) in [7, 11) is 3.24. The highest BCUT2D eigenvalue weighted by atomic mass is 32.1. The SMILES string of the molecule is CCOc1ccc(C(C=Cc2cc(-c3cccs3)ccc2OC)C(=CC(=O)c2ccc3c(c2)OCO3)c2cc(-c3cc(C)cs3)ccc2OC)cc1F. The molecule has 0 spiro atoms. The number of aryl methyl sites for hydroxylation is 1. The maximum Gasteiger partial charge on any atom is 0.231 e. The standard InChI is InChI=1S/C44H37FO6S2/c1-5-49-40-16-9-28(22-36(40)45)33(13-8-30-20-31(11-14-38(30)47-3)43-7-6-18-52-43)34(24-37(46)29-10-17-41-42(23-29)51-26-50-41)35-21-32(12-15-39(35)48-4)44-19-27(2)25-53-44/h6-25,33H,5,26H2,1-4H3. The molecule has 1 aliphatic heterocycles. The molecule has 1 unspecified atom stereocenters. The minimum atomic E-state index is -0.637. The maximum atomic E-state index is 15.7. The van der Waals surface area contributed by atoms with Gasteiger partial charge in [-0.25, -0.2) is 4.39 Å². The lowest BCUT2D eigenvalue weighted by Gasteiger charge is -2.22. The van der Waals surface area contributed by atoms with Gasteiger partial charge >= 0.3 is 0 Å². The summed E-state index contributed by atoms with van der Waals surface area (Å²) in [6.07, 6.45) is 5.56. The summed E-state index contributed by atoms with van der Waals surface area (Å²) in [5, 5.41) is 4.14. The van der Waals surface area contributed by atoms with Crippen molar-refractivity contribution in [2.45, 2.75) is 19.8 Å². The van der Waals surface area contributed by atoms with Gasteiger partial charge in [0.25, 0.3) is 0 Å². The van der Waals surface area contributed by atoms with Crippen LogP contribution in [-0.4, -0.2) is 33.4 Å². The van der Waals surface area contributed by atoms with Crippen LogP contribution in [0, 0.1) is 12.7 Å². The number of methoxy groups -OCH3 is 2. The van der Waals surface area contributed by atoms with E-state index in [-0.39, 0.29) is 18.3 Å². The van der Waals surface area contributed by atoms with Crippen molar-refractivity contribution in [1.82, 2.24) is 0 Å². The predicted molar refractivity (Wildman–Crippen MR) is 212 cm³/mol. The van der Waals surface area contributed by atoms with Crippen LogP contribution in [0.5, 0.6) is 28.7 Å². The van der Waals surface area contributed by atoms with Crippen LogP contribution < -0.4 is 23.7 Å². The molecular formula is C44H37FO6S2. The summed E-state index contributed by atoms with van der Waals surface area (Å²) in [6.45, 7) is 4.28. The number of allylic oxidation sites excluding steroid dienone is 3. The normalized spacial score (nSPS) is 13.0. The first-order chi connectivity index (χ1) is 25.8. The summed E-state index contributed by atoms with van der Waals surface area (Å²) < 4.78 is 44.2. The third-order valence-electron chi connectivity index (χ3n) is 8.92. The molecule has 2 aromatic heterocycles. The highest BCUT2D eigenvalue weighted by Gasteiger charge is 2.24. The fourth-order valence-corrected chi connectivity index (χ4v) is 7.94. The third-order valence-corrected chi connectivity index (χ3v) is 10.9. The second-order valence-corrected chi connectivity index (χ2v) is 14.2. The van der Waals surface area contributed by atoms with Gasteiger partial charge in [0, 0.05) is 32.4 Å².